The topological polar surface area (TPSA) is 9.23 Å². The van der Waals surface area contributed by atoms with Crippen LogP contribution in [-0.4, -0.2) is 13.9 Å². The summed E-state index contributed by atoms with van der Waals surface area (Å²) in [5, 5.41) is 0. The Morgan fingerprint density at radius 2 is 1.64 bits per heavy atom. The minimum Gasteiger partial charge on any atom is -0.412 e. The van der Waals surface area contributed by atoms with Crippen molar-refractivity contribution in [3.8, 4) is 0 Å². The molecule has 0 aliphatic rings. The molecule has 1 radical (unpaired) electrons. The summed E-state index contributed by atoms with van der Waals surface area (Å²) in [6.07, 6.45) is 5.65. The fourth-order valence-corrected chi connectivity index (χ4v) is 3.59. The lowest BCUT2D eigenvalue weighted by Gasteiger charge is -2.38. The minimum absolute atomic E-state index is 0.141. The van der Waals surface area contributed by atoms with Gasteiger partial charge in [-0.25, -0.2) is 0 Å². The van der Waals surface area contributed by atoms with E-state index in [0.717, 1.165) is 19.3 Å². The van der Waals surface area contributed by atoms with E-state index < -0.39 is 8.32 Å². The third-order valence-electron chi connectivity index (χ3n) is 2.69. The molecule has 0 N–H and O–H groups in total. The van der Waals surface area contributed by atoms with Gasteiger partial charge in [0.05, 0.1) is 5.60 Å². The Morgan fingerprint density at radius 1 is 1.14 bits per heavy atom. The van der Waals surface area contributed by atoms with E-state index in [1.807, 2.05) is 0 Å². The molecule has 2 heteroatoms. The Balaban J connectivity index is 4.36. The highest BCUT2D eigenvalue weighted by Gasteiger charge is 2.31. The van der Waals surface area contributed by atoms with Gasteiger partial charge in [-0.2, -0.15) is 0 Å². The molecule has 0 aromatic carbocycles. The molecule has 0 fully saturated rings. The van der Waals surface area contributed by atoms with Gasteiger partial charge in [-0.15, -0.1) is 0 Å². The van der Waals surface area contributed by atoms with E-state index in [-0.39, 0.29) is 5.60 Å². The first-order valence-electron chi connectivity index (χ1n) is 5.88. The van der Waals surface area contributed by atoms with E-state index in [4.69, 9.17) is 4.43 Å². The van der Waals surface area contributed by atoms with E-state index >= 15 is 0 Å². The third kappa shape index (κ3) is 5.16. The van der Waals surface area contributed by atoms with E-state index in [9.17, 15) is 0 Å². The van der Waals surface area contributed by atoms with Gasteiger partial charge in [-0.1, -0.05) is 33.6 Å². The number of hydrogen-bond acceptors (Lipinski definition) is 1. The molecule has 0 bridgehead atoms. The van der Waals surface area contributed by atoms with Crippen LogP contribution in [0.25, 0.3) is 0 Å². The molecule has 0 aromatic rings. The van der Waals surface area contributed by atoms with Gasteiger partial charge >= 0.3 is 0 Å². The maximum absolute atomic E-state index is 6.34. The zero-order valence-electron chi connectivity index (χ0n) is 10.7. The second kappa shape index (κ2) is 5.91. The Bertz CT molecular complexity index is 145. The molecule has 0 amide bonds. The maximum atomic E-state index is 6.34. The van der Waals surface area contributed by atoms with Crippen molar-refractivity contribution in [1.82, 2.24) is 0 Å². The van der Waals surface area contributed by atoms with Crippen LogP contribution in [0.2, 0.25) is 19.6 Å². The van der Waals surface area contributed by atoms with Crippen LogP contribution < -0.4 is 0 Å². The smallest absolute Gasteiger partial charge is 0.184 e. The van der Waals surface area contributed by atoms with Crippen LogP contribution in [0.4, 0.5) is 0 Å². The van der Waals surface area contributed by atoms with Crippen LogP contribution in [0.1, 0.15) is 46.0 Å². The van der Waals surface area contributed by atoms with Gasteiger partial charge in [0.1, 0.15) is 0 Å². The van der Waals surface area contributed by atoms with Crippen LogP contribution in [0.15, 0.2) is 0 Å². The van der Waals surface area contributed by atoms with Crippen molar-refractivity contribution in [2.45, 2.75) is 71.2 Å². The molecule has 0 heterocycles. The normalized spacial score (nSPS) is 13.3. The van der Waals surface area contributed by atoms with Gasteiger partial charge in [0, 0.05) is 0 Å². The second-order valence-corrected chi connectivity index (χ2v) is 9.49. The summed E-state index contributed by atoms with van der Waals surface area (Å²) in [6, 6.07) is 0. The highest BCUT2D eigenvalue weighted by Crippen LogP contribution is 2.30. The molecule has 0 spiro atoms. The van der Waals surface area contributed by atoms with Crippen LogP contribution in [0.3, 0.4) is 0 Å². The van der Waals surface area contributed by atoms with E-state index in [1.165, 1.54) is 12.8 Å². The van der Waals surface area contributed by atoms with E-state index in [0.29, 0.717) is 0 Å². The molecule has 1 nitrogen and oxygen atoms in total. The molecule has 0 aliphatic heterocycles. The summed E-state index contributed by atoms with van der Waals surface area (Å²) < 4.78 is 6.34. The lowest BCUT2D eigenvalue weighted by Crippen LogP contribution is -2.42. The molecule has 85 valence electrons. The van der Waals surface area contributed by atoms with Gasteiger partial charge in [0.15, 0.2) is 8.32 Å². The molecule has 0 saturated carbocycles. The van der Waals surface area contributed by atoms with E-state index in [1.54, 1.807) is 0 Å². The van der Waals surface area contributed by atoms with Gasteiger partial charge in [-0.3, -0.25) is 0 Å². The van der Waals surface area contributed by atoms with Crippen molar-refractivity contribution < 1.29 is 4.43 Å². The maximum Gasteiger partial charge on any atom is 0.184 e. The summed E-state index contributed by atoms with van der Waals surface area (Å²) in [5.74, 6) is 0. The standard InChI is InChI=1S/C12H27OSi/c1-7-10-11-12(8-2,9-3)13-14(4,5)6/h1,7-11H2,2-6H3. The summed E-state index contributed by atoms with van der Waals surface area (Å²) >= 11 is 0. The number of rotatable bonds is 7. The SMILES string of the molecule is [CH2]CCCC(CC)(CC)O[Si](C)(C)C. The zero-order chi connectivity index (χ0) is 11.2. The number of unbranched alkanes of at least 4 members (excludes halogenated alkanes) is 1. The molecular weight excluding hydrogens is 188 g/mol. The molecule has 0 rings (SSSR count). The fourth-order valence-electron chi connectivity index (χ4n) is 1.90. The second-order valence-electron chi connectivity index (χ2n) is 5.06. The van der Waals surface area contributed by atoms with Gasteiger partial charge in [0.25, 0.3) is 0 Å². The predicted molar refractivity (Wildman–Crippen MR) is 67.0 cm³/mol. The first kappa shape index (κ1) is 14.2. The monoisotopic (exact) mass is 215 g/mol. The Labute approximate surface area is 91.4 Å². The Kier molecular flexibility index (Phi) is 5.99. The highest BCUT2D eigenvalue weighted by molar-refractivity contribution is 6.69. The third-order valence-corrected chi connectivity index (χ3v) is 3.74. The van der Waals surface area contributed by atoms with Gasteiger partial charge < -0.3 is 4.43 Å². The predicted octanol–water partition coefficient (Wildman–Crippen LogP) is 4.40. The fraction of sp³-hybridized carbons (Fsp3) is 0.917. The van der Waals surface area contributed by atoms with Crippen molar-refractivity contribution in [3.63, 3.8) is 0 Å². The van der Waals surface area contributed by atoms with Crippen LogP contribution in [0, 0.1) is 6.92 Å². The lowest BCUT2D eigenvalue weighted by atomic mass is 9.91. The average molecular weight is 215 g/mol. The summed E-state index contributed by atoms with van der Waals surface area (Å²) in [7, 11) is -1.40. The Morgan fingerprint density at radius 3 is 1.93 bits per heavy atom. The van der Waals surface area contributed by atoms with Crippen LogP contribution in [-0.2, 0) is 4.43 Å². The van der Waals surface area contributed by atoms with Crippen LogP contribution >= 0.6 is 0 Å². The quantitative estimate of drug-likeness (QED) is 0.572. The van der Waals surface area contributed by atoms with Crippen molar-refractivity contribution in [2.24, 2.45) is 0 Å². The van der Waals surface area contributed by atoms with Crippen molar-refractivity contribution >= 4 is 8.32 Å². The average Bonchev–Trinajstić information content (AvgIpc) is 2.10. The summed E-state index contributed by atoms with van der Waals surface area (Å²) in [6.45, 7) is 15.2. The van der Waals surface area contributed by atoms with Crippen molar-refractivity contribution in [3.05, 3.63) is 6.92 Å². The van der Waals surface area contributed by atoms with Gasteiger partial charge in [0.2, 0.25) is 0 Å². The van der Waals surface area contributed by atoms with Gasteiger partial charge in [-0.05, 0) is 38.9 Å². The van der Waals surface area contributed by atoms with Crippen molar-refractivity contribution in [1.29, 1.82) is 0 Å². The summed E-state index contributed by atoms with van der Waals surface area (Å²) in [4.78, 5) is 0. The Hall–Kier alpha value is 0.177. The highest BCUT2D eigenvalue weighted by atomic mass is 28.4. The lowest BCUT2D eigenvalue weighted by molar-refractivity contribution is 0.0413. The first-order valence-corrected chi connectivity index (χ1v) is 9.29. The molecular formula is C12H27OSi. The minimum atomic E-state index is -1.40. The molecule has 0 aliphatic carbocycles. The van der Waals surface area contributed by atoms with Crippen molar-refractivity contribution in [2.75, 3.05) is 0 Å². The summed E-state index contributed by atoms with van der Waals surface area (Å²) in [5.41, 5.74) is 0.141. The molecule has 0 atom stereocenters. The molecule has 0 unspecified atom stereocenters. The number of hydrogen-bond donors (Lipinski definition) is 0. The first-order chi connectivity index (χ1) is 6.39. The van der Waals surface area contributed by atoms with Crippen LogP contribution in [0.5, 0.6) is 0 Å². The largest absolute Gasteiger partial charge is 0.412 e. The van der Waals surface area contributed by atoms with E-state index in [2.05, 4.69) is 40.4 Å². The zero-order valence-corrected chi connectivity index (χ0v) is 11.7. The molecule has 14 heavy (non-hydrogen) atoms. The molecule has 0 aromatic heterocycles. The molecule has 0 saturated heterocycles.